The highest BCUT2D eigenvalue weighted by molar-refractivity contribution is 6.03. The van der Waals surface area contributed by atoms with Gasteiger partial charge in [-0.1, -0.05) is 29.8 Å². The number of aryl methyl sites for hydroxylation is 1. The monoisotopic (exact) mass is 280 g/mol. The van der Waals surface area contributed by atoms with Crippen molar-refractivity contribution >= 4 is 23.4 Å². The predicted molar refractivity (Wildman–Crippen MR) is 89.1 cm³/mol. The minimum atomic E-state index is -0.0382. The number of benzene rings is 2. The lowest BCUT2D eigenvalue weighted by molar-refractivity contribution is -0.114. The number of anilines is 2. The number of nitrogen functional groups attached to an aromatic ring is 1. The molecule has 0 unspecified atom stereocenters. The van der Waals surface area contributed by atoms with Crippen LogP contribution in [0.4, 0.5) is 11.4 Å². The molecule has 0 bridgehead atoms. The van der Waals surface area contributed by atoms with Crippen molar-refractivity contribution in [1.82, 2.24) is 0 Å². The van der Waals surface area contributed by atoms with Crippen molar-refractivity contribution in [2.45, 2.75) is 13.8 Å². The van der Waals surface area contributed by atoms with Gasteiger partial charge in [0, 0.05) is 24.0 Å². The zero-order valence-electron chi connectivity index (χ0n) is 12.4. The normalized spacial score (nSPS) is 10.8. The number of hydrogen-bond acceptors (Lipinski definition) is 2. The molecule has 0 spiro atoms. The molecule has 0 aliphatic rings. The Hall–Kier alpha value is -2.55. The van der Waals surface area contributed by atoms with Crippen molar-refractivity contribution in [3.63, 3.8) is 0 Å². The maximum Gasteiger partial charge on any atom is 0.250 e. The third-order valence-electron chi connectivity index (χ3n) is 3.26. The minimum absolute atomic E-state index is 0.0382. The minimum Gasteiger partial charge on any atom is -0.399 e. The Morgan fingerprint density at radius 1 is 1.19 bits per heavy atom. The molecule has 108 valence electrons. The number of nitrogens with zero attached hydrogens (tertiary/aromatic N) is 1. The molecule has 2 aromatic rings. The van der Waals surface area contributed by atoms with Crippen molar-refractivity contribution < 1.29 is 4.79 Å². The van der Waals surface area contributed by atoms with Gasteiger partial charge in [0.15, 0.2) is 0 Å². The van der Waals surface area contributed by atoms with E-state index in [1.807, 2.05) is 62.4 Å². The summed E-state index contributed by atoms with van der Waals surface area (Å²) in [6.45, 7) is 4.62. The number of amides is 1. The second-order valence-electron chi connectivity index (χ2n) is 4.92. The van der Waals surface area contributed by atoms with Crippen LogP contribution in [0.3, 0.4) is 0 Å². The fraction of sp³-hybridized carbons (Fsp3) is 0.167. The van der Waals surface area contributed by atoms with Crippen LogP contribution in [0.25, 0.3) is 6.08 Å². The summed E-state index contributed by atoms with van der Waals surface area (Å²) in [5.74, 6) is -0.0382. The molecule has 0 heterocycles. The number of carbonyl (C=O) groups excluding carboxylic acids is 1. The molecule has 0 aromatic heterocycles. The lowest BCUT2D eigenvalue weighted by atomic mass is 10.2. The molecule has 3 heteroatoms. The molecule has 0 aliphatic carbocycles. The first-order valence-electron chi connectivity index (χ1n) is 7.02. The summed E-state index contributed by atoms with van der Waals surface area (Å²) in [5, 5.41) is 0. The van der Waals surface area contributed by atoms with E-state index < -0.39 is 0 Å². The standard InChI is InChI=1S/C18H20N2O/c1-3-20(17-10-7-14(2)8-11-17)18(21)12-9-15-5-4-6-16(19)13-15/h4-13H,3,19H2,1-2H3/b12-9+. The van der Waals surface area contributed by atoms with Gasteiger partial charge >= 0.3 is 0 Å². The van der Waals surface area contributed by atoms with Crippen molar-refractivity contribution in [3.05, 3.63) is 65.7 Å². The van der Waals surface area contributed by atoms with E-state index in [1.165, 1.54) is 5.56 Å². The largest absolute Gasteiger partial charge is 0.399 e. The molecule has 0 saturated heterocycles. The van der Waals surface area contributed by atoms with Crippen LogP contribution in [-0.2, 0) is 4.79 Å². The maximum atomic E-state index is 12.3. The SMILES string of the molecule is CCN(C(=O)/C=C/c1cccc(N)c1)c1ccc(C)cc1. The molecule has 0 saturated carbocycles. The van der Waals surface area contributed by atoms with E-state index in [0.717, 1.165) is 11.3 Å². The van der Waals surface area contributed by atoms with Crippen LogP contribution >= 0.6 is 0 Å². The third kappa shape index (κ3) is 3.96. The van der Waals surface area contributed by atoms with Crippen LogP contribution in [0.2, 0.25) is 0 Å². The van der Waals surface area contributed by atoms with Gasteiger partial charge in [0.05, 0.1) is 0 Å². The molecule has 0 aliphatic heterocycles. The summed E-state index contributed by atoms with van der Waals surface area (Å²) >= 11 is 0. The van der Waals surface area contributed by atoms with Gasteiger partial charge < -0.3 is 10.6 Å². The Balaban J connectivity index is 2.15. The maximum absolute atomic E-state index is 12.3. The molecule has 2 aromatic carbocycles. The van der Waals surface area contributed by atoms with Crippen LogP contribution in [0.1, 0.15) is 18.1 Å². The van der Waals surface area contributed by atoms with Gasteiger partial charge in [-0.3, -0.25) is 4.79 Å². The average Bonchev–Trinajstić information content (AvgIpc) is 2.48. The van der Waals surface area contributed by atoms with Crippen LogP contribution in [0, 0.1) is 6.92 Å². The summed E-state index contributed by atoms with van der Waals surface area (Å²) in [6.07, 6.45) is 3.37. The quantitative estimate of drug-likeness (QED) is 0.686. The first-order chi connectivity index (χ1) is 10.1. The number of carbonyl (C=O) groups is 1. The highest BCUT2D eigenvalue weighted by Crippen LogP contribution is 2.16. The van der Waals surface area contributed by atoms with Crippen molar-refractivity contribution in [1.29, 1.82) is 0 Å². The molecule has 3 nitrogen and oxygen atoms in total. The van der Waals surface area contributed by atoms with E-state index >= 15 is 0 Å². The number of hydrogen-bond donors (Lipinski definition) is 1. The molecular weight excluding hydrogens is 260 g/mol. The summed E-state index contributed by atoms with van der Waals surface area (Å²) in [7, 11) is 0. The number of likely N-dealkylation sites (N-methyl/N-ethyl adjacent to an activating group) is 1. The summed E-state index contributed by atoms with van der Waals surface area (Å²) in [4.78, 5) is 14.1. The fourth-order valence-electron chi connectivity index (χ4n) is 2.11. The Labute approximate surface area is 125 Å². The van der Waals surface area contributed by atoms with Crippen molar-refractivity contribution in [2.24, 2.45) is 0 Å². The van der Waals surface area contributed by atoms with E-state index in [0.29, 0.717) is 12.2 Å². The van der Waals surface area contributed by atoms with Gasteiger partial charge in [-0.25, -0.2) is 0 Å². The van der Waals surface area contributed by atoms with Crippen molar-refractivity contribution in [3.8, 4) is 0 Å². The Morgan fingerprint density at radius 2 is 1.90 bits per heavy atom. The van der Waals surface area contributed by atoms with E-state index in [1.54, 1.807) is 17.1 Å². The van der Waals surface area contributed by atoms with Gasteiger partial charge in [-0.05, 0) is 49.8 Å². The van der Waals surface area contributed by atoms with E-state index in [2.05, 4.69) is 0 Å². The highest BCUT2D eigenvalue weighted by atomic mass is 16.2. The summed E-state index contributed by atoms with van der Waals surface area (Å²) < 4.78 is 0. The summed E-state index contributed by atoms with van der Waals surface area (Å²) in [6, 6.07) is 15.4. The molecule has 0 radical (unpaired) electrons. The fourth-order valence-corrected chi connectivity index (χ4v) is 2.11. The zero-order chi connectivity index (χ0) is 15.2. The van der Waals surface area contributed by atoms with Crippen molar-refractivity contribution in [2.75, 3.05) is 17.2 Å². The van der Waals surface area contributed by atoms with E-state index in [4.69, 9.17) is 5.73 Å². The van der Waals surface area contributed by atoms with E-state index in [9.17, 15) is 4.79 Å². The third-order valence-corrected chi connectivity index (χ3v) is 3.26. The van der Waals surface area contributed by atoms with Gasteiger partial charge in [0.2, 0.25) is 0 Å². The second kappa shape index (κ2) is 6.75. The predicted octanol–water partition coefficient (Wildman–Crippen LogP) is 3.64. The van der Waals surface area contributed by atoms with Gasteiger partial charge in [-0.15, -0.1) is 0 Å². The van der Waals surface area contributed by atoms with Crippen LogP contribution < -0.4 is 10.6 Å². The molecule has 21 heavy (non-hydrogen) atoms. The molecule has 2 rings (SSSR count). The molecule has 1 amide bonds. The van der Waals surface area contributed by atoms with Gasteiger partial charge in [0.25, 0.3) is 5.91 Å². The number of rotatable bonds is 4. The molecular formula is C18H20N2O. The highest BCUT2D eigenvalue weighted by Gasteiger charge is 2.10. The van der Waals surface area contributed by atoms with Gasteiger partial charge in [0.1, 0.15) is 0 Å². The smallest absolute Gasteiger partial charge is 0.250 e. The second-order valence-corrected chi connectivity index (χ2v) is 4.92. The van der Waals surface area contributed by atoms with E-state index in [-0.39, 0.29) is 5.91 Å². The zero-order valence-corrected chi connectivity index (χ0v) is 12.4. The van der Waals surface area contributed by atoms with Crippen LogP contribution in [-0.4, -0.2) is 12.5 Å². The first kappa shape index (κ1) is 14.9. The first-order valence-corrected chi connectivity index (χ1v) is 7.02. The molecule has 0 fully saturated rings. The average molecular weight is 280 g/mol. The van der Waals surface area contributed by atoms with Crippen LogP contribution in [0.5, 0.6) is 0 Å². The Kier molecular flexibility index (Phi) is 4.77. The Morgan fingerprint density at radius 3 is 2.52 bits per heavy atom. The van der Waals surface area contributed by atoms with Crippen LogP contribution in [0.15, 0.2) is 54.6 Å². The molecule has 2 N–H and O–H groups in total. The van der Waals surface area contributed by atoms with Gasteiger partial charge in [-0.2, -0.15) is 0 Å². The topological polar surface area (TPSA) is 46.3 Å². The molecule has 0 atom stereocenters. The number of nitrogens with two attached hydrogens (primary N) is 1. The Bertz CT molecular complexity index is 645. The summed E-state index contributed by atoms with van der Waals surface area (Å²) in [5.41, 5.74) is 9.42. The lowest BCUT2D eigenvalue weighted by Crippen LogP contribution is -2.28. The lowest BCUT2D eigenvalue weighted by Gasteiger charge is -2.19.